The topological polar surface area (TPSA) is 67.9 Å². The van der Waals surface area contributed by atoms with Crippen LogP contribution in [0.2, 0.25) is 0 Å². The van der Waals surface area contributed by atoms with Gasteiger partial charge in [0.1, 0.15) is 11.4 Å². The first kappa shape index (κ1) is 21.1. The molecule has 0 saturated carbocycles. The number of nitrogens with zero attached hydrogens (tertiary/aromatic N) is 1. The largest absolute Gasteiger partial charge is 0.496 e. The molecule has 1 aliphatic rings. The maximum absolute atomic E-state index is 12.7. The zero-order valence-electron chi connectivity index (χ0n) is 17.3. The average Bonchev–Trinajstić information content (AvgIpc) is 2.60. The van der Waals surface area contributed by atoms with E-state index in [4.69, 9.17) is 9.47 Å². The van der Waals surface area contributed by atoms with Gasteiger partial charge in [-0.15, -0.1) is 0 Å². The summed E-state index contributed by atoms with van der Waals surface area (Å²) >= 11 is 0. The molecule has 2 amide bonds. The van der Waals surface area contributed by atoms with Gasteiger partial charge in [0.05, 0.1) is 13.2 Å². The molecule has 1 aromatic carbocycles. The third-order valence-electron chi connectivity index (χ3n) is 4.73. The minimum Gasteiger partial charge on any atom is -0.496 e. The molecular weight excluding hydrogens is 344 g/mol. The van der Waals surface area contributed by atoms with Gasteiger partial charge in [-0.1, -0.05) is 17.7 Å². The fraction of sp³-hybridized carbons (Fsp3) is 0.619. The summed E-state index contributed by atoms with van der Waals surface area (Å²) in [6, 6.07) is 5.81. The van der Waals surface area contributed by atoms with Gasteiger partial charge in [0.25, 0.3) is 0 Å². The number of aryl methyl sites for hydroxylation is 1. The number of amides is 2. The van der Waals surface area contributed by atoms with E-state index >= 15 is 0 Å². The van der Waals surface area contributed by atoms with Crippen molar-refractivity contribution in [2.75, 3.05) is 20.2 Å². The Kier molecular flexibility index (Phi) is 6.73. The average molecular weight is 376 g/mol. The molecule has 2 rings (SSSR count). The van der Waals surface area contributed by atoms with Crippen LogP contribution in [0, 0.1) is 12.8 Å². The molecule has 1 heterocycles. The number of likely N-dealkylation sites (tertiary alicyclic amines) is 1. The zero-order chi connectivity index (χ0) is 20.2. The Morgan fingerprint density at radius 2 is 1.85 bits per heavy atom. The molecule has 0 spiro atoms. The maximum Gasteiger partial charge on any atom is 0.410 e. The van der Waals surface area contributed by atoms with Gasteiger partial charge in [-0.3, -0.25) is 4.79 Å². The number of rotatable bonds is 4. The highest BCUT2D eigenvalue weighted by atomic mass is 16.6. The van der Waals surface area contributed by atoms with E-state index in [0.29, 0.717) is 25.9 Å². The summed E-state index contributed by atoms with van der Waals surface area (Å²) in [6.45, 7) is 10.6. The third-order valence-corrected chi connectivity index (χ3v) is 4.73. The van der Waals surface area contributed by atoms with Crippen LogP contribution >= 0.6 is 0 Å². The quantitative estimate of drug-likeness (QED) is 0.867. The second-order valence-corrected chi connectivity index (χ2v) is 8.22. The molecule has 0 aliphatic carbocycles. The van der Waals surface area contributed by atoms with Gasteiger partial charge >= 0.3 is 6.09 Å². The van der Waals surface area contributed by atoms with Gasteiger partial charge in [0.15, 0.2) is 0 Å². The lowest BCUT2D eigenvalue weighted by Gasteiger charge is -2.33. The highest BCUT2D eigenvalue weighted by molar-refractivity contribution is 5.79. The molecule has 0 aromatic heterocycles. The second kappa shape index (κ2) is 8.63. The number of carbonyl (C=O) groups excluding carboxylic acids is 2. The fourth-order valence-corrected chi connectivity index (χ4v) is 3.25. The number of ether oxygens (including phenoxy) is 2. The number of nitrogens with one attached hydrogen (secondary N) is 1. The molecule has 150 valence electrons. The standard InChI is InChI=1S/C21H32N2O4/c1-14-7-8-18(26-6)17(13-14)15(2)22-19(24)16-9-11-23(12-10-16)20(25)27-21(3,4)5/h7-8,13,15-16H,9-12H2,1-6H3,(H,22,24)/t15-/m0/s1. The van der Waals surface area contributed by atoms with Crippen molar-refractivity contribution in [3.63, 3.8) is 0 Å². The van der Waals surface area contributed by atoms with E-state index in [1.807, 2.05) is 52.8 Å². The lowest BCUT2D eigenvalue weighted by atomic mass is 9.95. The first-order valence-electron chi connectivity index (χ1n) is 9.53. The van der Waals surface area contributed by atoms with E-state index < -0.39 is 5.60 Å². The summed E-state index contributed by atoms with van der Waals surface area (Å²) in [5.74, 6) is 0.699. The minimum atomic E-state index is -0.506. The lowest BCUT2D eigenvalue weighted by molar-refractivity contribution is -0.127. The van der Waals surface area contributed by atoms with Crippen molar-refractivity contribution < 1.29 is 19.1 Å². The molecular formula is C21H32N2O4. The summed E-state index contributed by atoms with van der Waals surface area (Å²) in [7, 11) is 1.63. The number of piperidine rings is 1. The molecule has 6 heteroatoms. The normalized spacial score (nSPS) is 16.6. The van der Waals surface area contributed by atoms with Crippen molar-refractivity contribution in [2.45, 2.75) is 59.1 Å². The molecule has 27 heavy (non-hydrogen) atoms. The number of benzene rings is 1. The van der Waals surface area contributed by atoms with Crippen LogP contribution in [0.5, 0.6) is 5.75 Å². The van der Waals surface area contributed by atoms with E-state index in [0.717, 1.165) is 16.9 Å². The minimum absolute atomic E-state index is 0.0231. The molecule has 1 saturated heterocycles. The van der Waals surface area contributed by atoms with Crippen molar-refractivity contribution in [3.8, 4) is 5.75 Å². The van der Waals surface area contributed by atoms with E-state index in [2.05, 4.69) is 5.32 Å². The Bertz CT molecular complexity index is 673. The summed E-state index contributed by atoms with van der Waals surface area (Å²) in [6.07, 6.45) is 0.977. The van der Waals surface area contributed by atoms with Crippen molar-refractivity contribution in [2.24, 2.45) is 5.92 Å². The summed E-state index contributed by atoms with van der Waals surface area (Å²) in [5, 5.41) is 3.10. The Labute approximate surface area is 162 Å². The van der Waals surface area contributed by atoms with Crippen molar-refractivity contribution >= 4 is 12.0 Å². The Balaban J connectivity index is 1.91. The van der Waals surface area contributed by atoms with E-state index in [1.165, 1.54) is 0 Å². The van der Waals surface area contributed by atoms with Crippen molar-refractivity contribution in [3.05, 3.63) is 29.3 Å². The molecule has 6 nitrogen and oxygen atoms in total. The van der Waals surface area contributed by atoms with Crippen LogP contribution < -0.4 is 10.1 Å². The SMILES string of the molecule is COc1ccc(C)cc1[C@H](C)NC(=O)C1CCN(C(=O)OC(C)(C)C)CC1. The molecule has 0 unspecified atom stereocenters. The van der Waals surface area contributed by atoms with Crippen molar-refractivity contribution in [1.29, 1.82) is 0 Å². The Morgan fingerprint density at radius 3 is 2.41 bits per heavy atom. The van der Waals surface area contributed by atoms with Crippen LogP contribution in [0.25, 0.3) is 0 Å². The number of methoxy groups -OCH3 is 1. The summed E-state index contributed by atoms with van der Waals surface area (Å²) < 4.78 is 10.8. The molecule has 1 atom stereocenters. The van der Waals surface area contributed by atoms with Gasteiger partial charge in [0.2, 0.25) is 5.91 Å². The first-order valence-corrected chi connectivity index (χ1v) is 9.53. The van der Waals surface area contributed by atoms with Gasteiger partial charge in [-0.2, -0.15) is 0 Å². The number of hydrogen-bond donors (Lipinski definition) is 1. The lowest BCUT2D eigenvalue weighted by Crippen LogP contribution is -2.45. The zero-order valence-corrected chi connectivity index (χ0v) is 17.3. The van der Waals surface area contributed by atoms with Crippen LogP contribution in [0.15, 0.2) is 18.2 Å². The predicted molar refractivity (Wildman–Crippen MR) is 105 cm³/mol. The van der Waals surface area contributed by atoms with Crippen LogP contribution in [0.4, 0.5) is 4.79 Å². The van der Waals surface area contributed by atoms with Gasteiger partial charge < -0.3 is 19.7 Å². The summed E-state index contributed by atoms with van der Waals surface area (Å²) in [4.78, 5) is 26.5. The smallest absolute Gasteiger partial charge is 0.410 e. The Morgan fingerprint density at radius 1 is 1.22 bits per heavy atom. The molecule has 1 N–H and O–H groups in total. The molecule has 1 fully saturated rings. The molecule has 0 bridgehead atoms. The highest BCUT2D eigenvalue weighted by Gasteiger charge is 2.30. The van der Waals surface area contributed by atoms with Crippen LogP contribution in [0.1, 0.15) is 57.7 Å². The van der Waals surface area contributed by atoms with Gasteiger partial charge in [0, 0.05) is 24.6 Å². The van der Waals surface area contributed by atoms with E-state index in [1.54, 1.807) is 12.0 Å². The van der Waals surface area contributed by atoms with Crippen LogP contribution in [-0.4, -0.2) is 42.7 Å². The Hall–Kier alpha value is -2.24. The van der Waals surface area contributed by atoms with Crippen molar-refractivity contribution in [1.82, 2.24) is 10.2 Å². The molecule has 1 aromatic rings. The summed E-state index contributed by atoms with van der Waals surface area (Å²) in [5.41, 5.74) is 1.59. The molecule has 0 radical (unpaired) electrons. The first-order chi connectivity index (χ1) is 12.6. The predicted octanol–water partition coefficient (Wildman–Crippen LogP) is 3.83. The number of carbonyl (C=O) groups is 2. The number of hydrogen-bond acceptors (Lipinski definition) is 4. The maximum atomic E-state index is 12.7. The molecule has 1 aliphatic heterocycles. The van der Waals surface area contributed by atoms with Gasteiger partial charge in [-0.25, -0.2) is 4.79 Å². The highest BCUT2D eigenvalue weighted by Crippen LogP contribution is 2.27. The van der Waals surface area contributed by atoms with E-state index in [-0.39, 0.29) is 24.0 Å². The third kappa shape index (κ3) is 5.88. The van der Waals surface area contributed by atoms with Crippen LogP contribution in [-0.2, 0) is 9.53 Å². The monoisotopic (exact) mass is 376 g/mol. The van der Waals surface area contributed by atoms with Crippen LogP contribution in [0.3, 0.4) is 0 Å². The fourth-order valence-electron chi connectivity index (χ4n) is 3.25. The van der Waals surface area contributed by atoms with Gasteiger partial charge in [-0.05, 0) is 53.5 Å². The second-order valence-electron chi connectivity index (χ2n) is 8.22. The van der Waals surface area contributed by atoms with E-state index in [9.17, 15) is 9.59 Å².